The van der Waals surface area contributed by atoms with Crippen molar-refractivity contribution in [1.29, 1.82) is 0 Å². The highest BCUT2D eigenvalue weighted by Crippen LogP contribution is 1.97. The molecule has 0 aromatic rings. The van der Waals surface area contributed by atoms with Gasteiger partial charge < -0.3 is 0 Å². The summed E-state index contributed by atoms with van der Waals surface area (Å²) in [6.45, 7) is 0. The SMILES string of the molecule is SCCC/C=C/CCCS. The number of allylic oxidation sites excluding steroid dienone is 2. The lowest BCUT2D eigenvalue weighted by Crippen LogP contribution is -1.73. The van der Waals surface area contributed by atoms with E-state index >= 15 is 0 Å². The van der Waals surface area contributed by atoms with Crippen LogP contribution in [0.3, 0.4) is 0 Å². The van der Waals surface area contributed by atoms with E-state index in [-0.39, 0.29) is 0 Å². The Bertz CT molecular complexity index is 69.3. The van der Waals surface area contributed by atoms with Crippen LogP contribution in [0.4, 0.5) is 0 Å². The molecule has 0 aliphatic heterocycles. The lowest BCUT2D eigenvalue weighted by Gasteiger charge is -1.89. The van der Waals surface area contributed by atoms with Gasteiger partial charge in [-0.05, 0) is 37.2 Å². The Kier molecular flexibility index (Phi) is 9.86. The summed E-state index contributed by atoms with van der Waals surface area (Å²) in [5.41, 5.74) is 0. The Morgan fingerprint density at radius 2 is 1.20 bits per heavy atom. The largest absolute Gasteiger partial charge is 0.179 e. The molecule has 0 fully saturated rings. The summed E-state index contributed by atoms with van der Waals surface area (Å²) in [5, 5.41) is 0. The maximum absolute atomic E-state index is 4.12. The van der Waals surface area contributed by atoms with E-state index in [4.69, 9.17) is 0 Å². The maximum atomic E-state index is 4.12. The molecule has 0 aromatic carbocycles. The Labute approximate surface area is 74.9 Å². The van der Waals surface area contributed by atoms with Crippen LogP contribution in [0.25, 0.3) is 0 Å². The van der Waals surface area contributed by atoms with Gasteiger partial charge in [0, 0.05) is 0 Å². The van der Waals surface area contributed by atoms with E-state index in [2.05, 4.69) is 37.4 Å². The molecule has 0 heterocycles. The molecule has 0 aliphatic carbocycles. The molecule has 0 amide bonds. The van der Waals surface area contributed by atoms with E-state index < -0.39 is 0 Å². The predicted octanol–water partition coefficient (Wildman–Crippen LogP) is 2.96. The maximum Gasteiger partial charge on any atom is -0.00950 e. The highest BCUT2D eigenvalue weighted by Gasteiger charge is 1.79. The van der Waals surface area contributed by atoms with Gasteiger partial charge >= 0.3 is 0 Å². The third kappa shape index (κ3) is 8.44. The highest BCUT2D eigenvalue weighted by atomic mass is 32.1. The molecule has 0 unspecified atom stereocenters. The minimum Gasteiger partial charge on any atom is -0.179 e. The van der Waals surface area contributed by atoms with Crippen LogP contribution in [0.2, 0.25) is 0 Å². The van der Waals surface area contributed by atoms with E-state index in [1.807, 2.05) is 0 Å². The summed E-state index contributed by atoms with van der Waals surface area (Å²) in [5.74, 6) is 1.99. The molecule has 60 valence electrons. The van der Waals surface area contributed by atoms with Gasteiger partial charge in [-0.2, -0.15) is 25.3 Å². The summed E-state index contributed by atoms with van der Waals surface area (Å²) in [7, 11) is 0. The molecular weight excluding hydrogens is 160 g/mol. The molecule has 0 aliphatic rings. The second-order valence-electron chi connectivity index (χ2n) is 2.20. The molecule has 0 aromatic heterocycles. The molecular formula is C8H16S2. The van der Waals surface area contributed by atoms with Crippen molar-refractivity contribution in [2.75, 3.05) is 11.5 Å². The summed E-state index contributed by atoms with van der Waals surface area (Å²) in [6, 6.07) is 0. The fraction of sp³-hybridized carbons (Fsp3) is 0.750. The number of unbranched alkanes of at least 4 members (excludes halogenated alkanes) is 2. The van der Waals surface area contributed by atoms with E-state index in [0.717, 1.165) is 11.5 Å². The third-order valence-corrected chi connectivity index (χ3v) is 1.86. The second-order valence-corrected chi connectivity index (χ2v) is 3.10. The van der Waals surface area contributed by atoms with Crippen molar-refractivity contribution in [2.45, 2.75) is 25.7 Å². The van der Waals surface area contributed by atoms with Gasteiger partial charge in [0.2, 0.25) is 0 Å². The quantitative estimate of drug-likeness (QED) is 0.347. The van der Waals surface area contributed by atoms with Crippen LogP contribution in [0.15, 0.2) is 12.2 Å². The molecule has 0 atom stereocenters. The van der Waals surface area contributed by atoms with Gasteiger partial charge in [-0.25, -0.2) is 0 Å². The van der Waals surface area contributed by atoms with Crippen molar-refractivity contribution in [3.63, 3.8) is 0 Å². The standard InChI is InChI=1S/C8H16S2/c9-7-5-3-1-2-4-6-8-10/h1-2,9-10H,3-8H2/b2-1+. The molecule has 0 rings (SSSR count). The van der Waals surface area contributed by atoms with Gasteiger partial charge in [0.25, 0.3) is 0 Å². The fourth-order valence-corrected chi connectivity index (χ4v) is 1.02. The fourth-order valence-electron chi connectivity index (χ4n) is 0.654. The first-order valence-corrected chi connectivity index (χ1v) is 5.05. The van der Waals surface area contributed by atoms with E-state index in [0.29, 0.717) is 0 Å². The van der Waals surface area contributed by atoms with Crippen LogP contribution in [0, 0.1) is 0 Å². The highest BCUT2D eigenvalue weighted by molar-refractivity contribution is 7.80. The molecule has 10 heavy (non-hydrogen) atoms. The average Bonchev–Trinajstić information content (AvgIpc) is 1.97. The molecule has 0 bridgehead atoms. The molecule has 0 spiro atoms. The Morgan fingerprint density at radius 1 is 0.800 bits per heavy atom. The lowest BCUT2D eigenvalue weighted by atomic mass is 10.2. The minimum atomic E-state index is 0.997. The van der Waals surface area contributed by atoms with Crippen LogP contribution in [-0.4, -0.2) is 11.5 Å². The van der Waals surface area contributed by atoms with Gasteiger partial charge in [0.15, 0.2) is 0 Å². The predicted molar refractivity (Wildman–Crippen MR) is 55.3 cm³/mol. The number of thiol groups is 2. The number of hydrogen-bond donors (Lipinski definition) is 2. The van der Waals surface area contributed by atoms with Crippen molar-refractivity contribution in [1.82, 2.24) is 0 Å². The molecule has 0 N–H and O–H groups in total. The van der Waals surface area contributed by atoms with Crippen molar-refractivity contribution >= 4 is 25.3 Å². The number of hydrogen-bond acceptors (Lipinski definition) is 2. The van der Waals surface area contributed by atoms with E-state index in [9.17, 15) is 0 Å². The van der Waals surface area contributed by atoms with Crippen LogP contribution < -0.4 is 0 Å². The monoisotopic (exact) mass is 176 g/mol. The zero-order valence-corrected chi connectivity index (χ0v) is 8.08. The topological polar surface area (TPSA) is 0 Å². The van der Waals surface area contributed by atoms with Crippen LogP contribution in [0.1, 0.15) is 25.7 Å². The first kappa shape index (κ1) is 10.4. The van der Waals surface area contributed by atoms with Crippen molar-refractivity contribution in [3.05, 3.63) is 12.2 Å². The zero-order valence-electron chi connectivity index (χ0n) is 6.29. The Morgan fingerprint density at radius 3 is 1.50 bits per heavy atom. The average molecular weight is 176 g/mol. The summed E-state index contributed by atoms with van der Waals surface area (Å²) >= 11 is 8.24. The molecule has 0 radical (unpaired) electrons. The van der Waals surface area contributed by atoms with Crippen molar-refractivity contribution < 1.29 is 0 Å². The first-order chi connectivity index (χ1) is 4.91. The third-order valence-electron chi connectivity index (χ3n) is 1.22. The summed E-state index contributed by atoms with van der Waals surface area (Å²) in [6.07, 6.45) is 9.21. The van der Waals surface area contributed by atoms with E-state index in [1.54, 1.807) is 0 Å². The smallest absolute Gasteiger partial charge is 0.00950 e. The Balaban J connectivity index is 2.89. The molecule has 0 nitrogen and oxygen atoms in total. The first-order valence-electron chi connectivity index (χ1n) is 3.78. The normalized spacial score (nSPS) is 11.0. The van der Waals surface area contributed by atoms with E-state index in [1.165, 1.54) is 25.7 Å². The number of rotatable bonds is 6. The van der Waals surface area contributed by atoms with Crippen molar-refractivity contribution in [3.8, 4) is 0 Å². The second kappa shape index (κ2) is 9.44. The molecule has 0 saturated carbocycles. The van der Waals surface area contributed by atoms with Crippen LogP contribution in [-0.2, 0) is 0 Å². The zero-order chi connectivity index (χ0) is 7.66. The van der Waals surface area contributed by atoms with Gasteiger partial charge in [0.05, 0.1) is 0 Å². The van der Waals surface area contributed by atoms with Crippen LogP contribution >= 0.6 is 25.3 Å². The van der Waals surface area contributed by atoms with Crippen molar-refractivity contribution in [2.24, 2.45) is 0 Å². The Hall–Kier alpha value is 0.440. The molecule has 2 heteroatoms. The minimum absolute atomic E-state index is 0.997. The van der Waals surface area contributed by atoms with Gasteiger partial charge in [0.1, 0.15) is 0 Å². The lowest BCUT2D eigenvalue weighted by molar-refractivity contribution is 0.936. The van der Waals surface area contributed by atoms with Gasteiger partial charge in [-0.3, -0.25) is 0 Å². The van der Waals surface area contributed by atoms with Crippen LogP contribution in [0.5, 0.6) is 0 Å². The van der Waals surface area contributed by atoms with Gasteiger partial charge in [-0.15, -0.1) is 0 Å². The van der Waals surface area contributed by atoms with Gasteiger partial charge in [-0.1, -0.05) is 12.2 Å². The summed E-state index contributed by atoms with van der Waals surface area (Å²) < 4.78 is 0. The molecule has 0 saturated heterocycles. The summed E-state index contributed by atoms with van der Waals surface area (Å²) in [4.78, 5) is 0.